The van der Waals surface area contributed by atoms with Gasteiger partial charge in [0.1, 0.15) is 0 Å². The lowest BCUT2D eigenvalue weighted by atomic mass is 9.72. The number of carbonyl (C=O) groups excluding carboxylic acids is 2. The third kappa shape index (κ3) is 3.90. The predicted octanol–water partition coefficient (Wildman–Crippen LogP) is 5.38. The standard InChI is InChI=1S/C22H34O2/c1-13(2)17-9-7-15(5)19(21(17)23)11-12-20-16(6)8-10-18(14(3)4)22(20)24/h11-18H,7-10H2,1-6H3/b19-11-,20-12-/t15-,16+,17-,18-/m0/s1. The summed E-state index contributed by atoms with van der Waals surface area (Å²) in [7, 11) is 0. The highest BCUT2D eigenvalue weighted by molar-refractivity contribution is 6.01. The van der Waals surface area contributed by atoms with Gasteiger partial charge in [0, 0.05) is 11.8 Å². The van der Waals surface area contributed by atoms with Gasteiger partial charge in [-0.25, -0.2) is 0 Å². The minimum atomic E-state index is 0.147. The van der Waals surface area contributed by atoms with E-state index in [1.165, 1.54) is 0 Å². The number of rotatable bonds is 3. The zero-order valence-electron chi connectivity index (χ0n) is 16.3. The quantitative estimate of drug-likeness (QED) is 0.651. The van der Waals surface area contributed by atoms with Gasteiger partial charge in [-0.15, -0.1) is 0 Å². The monoisotopic (exact) mass is 330 g/mol. The van der Waals surface area contributed by atoms with E-state index in [0.717, 1.165) is 36.8 Å². The van der Waals surface area contributed by atoms with Gasteiger partial charge in [0.2, 0.25) is 0 Å². The number of hydrogen-bond donors (Lipinski definition) is 0. The lowest BCUT2D eigenvalue weighted by Gasteiger charge is -2.31. The molecule has 0 spiro atoms. The van der Waals surface area contributed by atoms with Crippen LogP contribution in [0.15, 0.2) is 23.3 Å². The molecule has 134 valence electrons. The second kappa shape index (κ2) is 7.80. The molecule has 0 unspecified atom stereocenters. The molecule has 0 heterocycles. The molecule has 0 N–H and O–H groups in total. The van der Waals surface area contributed by atoms with Crippen LogP contribution < -0.4 is 0 Å². The smallest absolute Gasteiger partial charge is 0.162 e. The van der Waals surface area contributed by atoms with Crippen LogP contribution >= 0.6 is 0 Å². The van der Waals surface area contributed by atoms with Gasteiger partial charge in [0.05, 0.1) is 0 Å². The molecule has 0 radical (unpaired) electrons. The fourth-order valence-electron chi connectivity index (χ4n) is 4.29. The average Bonchev–Trinajstić information content (AvgIpc) is 2.48. The van der Waals surface area contributed by atoms with E-state index in [2.05, 4.69) is 41.5 Å². The summed E-state index contributed by atoms with van der Waals surface area (Å²) in [6.07, 6.45) is 8.10. The van der Waals surface area contributed by atoms with Crippen LogP contribution in [0.4, 0.5) is 0 Å². The van der Waals surface area contributed by atoms with Crippen molar-refractivity contribution in [1.29, 1.82) is 0 Å². The first-order chi connectivity index (χ1) is 11.2. The van der Waals surface area contributed by atoms with E-state index in [1.54, 1.807) is 0 Å². The van der Waals surface area contributed by atoms with Gasteiger partial charge in [0.25, 0.3) is 0 Å². The predicted molar refractivity (Wildman–Crippen MR) is 99.6 cm³/mol. The van der Waals surface area contributed by atoms with E-state index < -0.39 is 0 Å². The molecule has 24 heavy (non-hydrogen) atoms. The lowest BCUT2D eigenvalue weighted by Crippen LogP contribution is -2.31. The molecule has 2 fully saturated rings. The van der Waals surface area contributed by atoms with Crippen molar-refractivity contribution >= 4 is 11.6 Å². The summed E-state index contributed by atoms with van der Waals surface area (Å²) in [6, 6.07) is 0. The highest BCUT2D eigenvalue weighted by Gasteiger charge is 2.34. The molecule has 0 aromatic carbocycles. The summed E-state index contributed by atoms with van der Waals surface area (Å²) in [5, 5.41) is 0. The molecule has 2 aliphatic carbocycles. The number of hydrogen-bond acceptors (Lipinski definition) is 2. The highest BCUT2D eigenvalue weighted by Crippen LogP contribution is 2.36. The normalized spacial score (nSPS) is 35.5. The average molecular weight is 331 g/mol. The molecule has 0 amide bonds. The molecule has 0 bridgehead atoms. The van der Waals surface area contributed by atoms with Gasteiger partial charge in [-0.05, 0) is 60.5 Å². The molecular weight excluding hydrogens is 296 g/mol. The van der Waals surface area contributed by atoms with E-state index in [4.69, 9.17) is 0 Å². The number of ketones is 2. The Morgan fingerprint density at radius 1 is 0.708 bits per heavy atom. The lowest BCUT2D eigenvalue weighted by molar-refractivity contribution is -0.123. The molecule has 2 rings (SSSR count). The van der Waals surface area contributed by atoms with Crippen LogP contribution in [-0.2, 0) is 9.59 Å². The Hall–Kier alpha value is -1.18. The molecule has 0 aliphatic heterocycles. The Labute approximate surface area is 147 Å². The van der Waals surface area contributed by atoms with Gasteiger partial charge in [-0.3, -0.25) is 9.59 Å². The third-order valence-electron chi connectivity index (χ3n) is 6.18. The van der Waals surface area contributed by atoms with Crippen molar-refractivity contribution in [2.24, 2.45) is 35.5 Å². The summed E-state index contributed by atoms with van der Waals surface area (Å²) in [5.74, 6) is 2.29. The van der Waals surface area contributed by atoms with Crippen molar-refractivity contribution in [3.63, 3.8) is 0 Å². The van der Waals surface area contributed by atoms with Crippen molar-refractivity contribution in [1.82, 2.24) is 0 Å². The minimum absolute atomic E-state index is 0.147. The molecular formula is C22H34O2. The van der Waals surface area contributed by atoms with Gasteiger partial charge >= 0.3 is 0 Å². The Kier molecular flexibility index (Phi) is 6.22. The molecule has 2 nitrogen and oxygen atoms in total. The van der Waals surface area contributed by atoms with Crippen LogP contribution in [-0.4, -0.2) is 11.6 Å². The SMILES string of the molecule is CC(C)[C@@H]1CC[C@@H](C)/C(=C/C=C2\C(=O)[C@H](C(C)C)CC[C@@H]2C)C1=O. The maximum absolute atomic E-state index is 12.8. The zero-order chi connectivity index (χ0) is 18.0. The van der Waals surface area contributed by atoms with E-state index in [-0.39, 0.29) is 11.8 Å². The van der Waals surface area contributed by atoms with E-state index in [1.807, 2.05) is 12.2 Å². The first-order valence-electron chi connectivity index (χ1n) is 9.74. The zero-order valence-corrected chi connectivity index (χ0v) is 16.3. The van der Waals surface area contributed by atoms with E-state index in [9.17, 15) is 9.59 Å². The number of allylic oxidation sites excluding steroid dienone is 4. The van der Waals surface area contributed by atoms with Crippen LogP contribution in [0, 0.1) is 35.5 Å². The molecule has 0 saturated heterocycles. The summed E-state index contributed by atoms with van der Waals surface area (Å²) in [4.78, 5) is 25.6. The van der Waals surface area contributed by atoms with Crippen molar-refractivity contribution in [2.75, 3.05) is 0 Å². The summed E-state index contributed by atoms with van der Waals surface area (Å²) < 4.78 is 0. The molecule has 0 aromatic rings. The topological polar surface area (TPSA) is 34.1 Å². The summed E-state index contributed by atoms with van der Waals surface area (Å²) >= 11 is 0. The van der Waals surface area contributed by atoms with Crippen LogP contribution in [0.25, 0.3) is 0 Å². The van der Waals surface area contributed by atoms with Crippen LogP contribution in [0.1, 0.15) is 67.2 Å². The van der Waals surface area contributed by atoms with Crippen molar-refractivity contribution in [2.45, 2.75) is 67.2 Å². The second-order valence-electron chi connectivity index (χ2n) is 8.63. The Bertz CT molecular complexity index is 500. The second-order valence-corrected chi connectivity index (χ2v) is 8.63. The number of carbonyl (C=O) groups is 2. The van der Waals surface area contributed by atoms with Gasteiger partial charge in [-0.2, -0.15) is 0 Å². The molecule has 2 heteroatoms. The van der Waals surface area contributed by atoms with Gasteiger partial charge < -0.3 is 0 Å². The minimum Gasteiger partial charge on any atom is -0.294 e. The van der Waals surface area contributed by atoms with E-state index in [0.29, 0.717) is 35.2 Å². The Balaban J connectivity index is 2.29. The largest absolute Gasteiger partial charge is 0.294 e. The molecule has 4 atom stereocenters. The van der Waals surface area contributed by atoms with Crippen molar-refractivity contribution in [3.8, 4) is 0 Å². The molecule has 0 aromatic heterocycles. The third-order valence-corrected chi connectivity index (χ3v) is 6.18. The van der Waals surface area contributed by atoms with Crippen molar-refractivity contribution < 1.29 is 9.59 Å². The highest BCUT2D eigenvalue weighted by atomic mass is 16.1. The van der Waals surface area contributed by atoms with Gasteiger partial charge in [-0.1, -0.05) is 53.7 Å². The van der Waals surface area contributed by atoms with Crippen LogP contribution in [0.2, 0.25) is 0 Å². The Morgan fingerprint density at radius 2 is 1.04 bits per heavy atom. The first kappa shape index (κ1) is 19.1. The number of Topliss-reactive ketones (excluding diaryl/α,β-unsaturated/α-hetero) is 2. The van der Waals surface area contributed by atoms with Crippen molar-refractivity contribution in [3.05, 3.63) is 23.3 Å². The molecule has 2 aliphatic rings. The summed E-state index contributed by atoms with van der Waals surface area (Å²) in [5.41, 5.74) is 1.86. The van der Waals surface area contributed by atoms with Crippen LogP contribution in [0.3, 0.4) is 0 Å². The summed E-state index contributed by atoms with van der Waals surface area (Å²) in [6.45, 7) is 12.8. The van der Waals surface area contributed by atoms with Gasteiger partial charge in [0.15, 0.2) is 11.6 Å². The molecule has 2 saturated carbocycles. The fraction of sp³-hybridized carbons (Fsp3) is 0.727. The first-order valence-corrected chi connectivity index (χ1v) is 9.74. The fourth-order valence-corrected chi connectivity index (χ4v) is 4.29. The van der Waals surface area contributed by atoms with Crippen LogP contribution in [0.5, 0.6) is 0 Å². The van der Waals surface area contributed by atoms with E-state index >= 15 is 0 Å². The Morgan fingerprint density at radius 3 is 1.33 bits per heavy atom. The maximum atomic E-state index is 12.8. The maximum Gasteiger partial charge on any atom is 0.162 e.